The Kier molecular flexibility index (Phi) is 5.58. The molecule has 0 amide bonds. The summed E-state index contributed by atoms with van der Waals surface area (Å²) in [6.45, 7) is 0.326. The molecular weight excluding hydrogens is 306 g/mol. The summed E-state index contributed by atoms with van der Waals surface area (Å²) >= 11 is 3.36. The standard InChI is InChI=1S/C14H22BrN3O/c1-18(14-16-9-12(15)10-17-14)13-6-4-11(5-7-13)3-2-8-19/h9-11,13,19H,2-8H2,1H3/t11-,13-. The summed E-state index contributed by atoms with van der Waals surface area (Å²) in [6.07, 6.45) is 10.6. The zero-order chi connectivity index (χ0) is 13.7. The van der Waals surface area contributed by atoms with E-state index in [2.05, 4.69) is 37.8 Å². The second kappa shape index (κ2) is 7.20. The van der Waals surface area contributed by atoms with Crippen LogP contribution in [-0.2, 0) is 0 Å². The van der Waals surface area contributed by atoms with Crippen molar-refractivity contribution in [1.29, 1.82) is 0 Å². The van der Waals surface area contributed by atoms with Crippen LogP contribution in [0.4, 0.5) is 5.95 Å². The first-order valence-corrected chi connectivity index (χ1v) is 7.81. The number of nitrogens with zero attached hydrogens (tertiary/aromatic N) is 3. The van der Waals surface area contributed by atoms with E-state index in [1.165, 1.54) is 32.1 Å². The molecule has 5 heteroatoms. The number of aliphatic hydroxyl groups excluding tert-OH is 1. The lowest BCUT2D eigenvalue weighted by atomic mass is 9.83. The zero-order valence-corrected chi connectivity index (χ0v) is 13.0. The maximum absolute atomic E-state index is 8.88. The summed E-state index contributed by atoms with van der Waals surface area (Å²) in [6, 6.07) is 0.548. The average Bonchev–Trinajstić information content (AvgIpc) is 2.46. The van der Waals surface area contributed by atoms with Crippen molar-refractivity contribution < 1.29 is 5.11 Å². The fraction of sp³-hybridized carbons (Fsp3) is 0.714. The van der Waals surface area contributed by atoms with Crippen LogP contribution in [0.3, 0.4) is 0 Å². The maximum Gasteiger partial charge on any atom is 0.225 e. The Balaban J connectivity index is 1.85. The van der Waals surface area contributed by atoms with Gasteiger partial charge in [0.15, 0.2) is 0 Å². The van der Waals surface area contributed by atoms with E-state index in [0.717, 1.165) is 22.8 Å². The molecule has 1 fully saturated rings. The minimum Gasteiger partial charge on any atom is -0.396 e. The Bertz CT molecular complexity index is 377. The Hall–Kier alpha value is -0.680. The van der Waals surface area contributed by atoms with Gasteiger partial charge in [0, 0.05) is 32.1 Å². The largest absolute Gasteiger partial charge is 0.396 e. The van der Waals surface area contributed by atoms with Gasteiger partial charge in [0.05, 0.1) is 4.47 Å². The molecule has 0 aliphatic heterocycles. The van der Waals surface area contributed by atoms with Gasteiger partial charge in [-0.1, -0.05) is 0 Å². The lowest BCUT2D eigenvalue weighted by Gasteiger charge is -2.34. The van der Waals surface area contributed by atoms with Crippen LogP contribution in [-0.4, -0.2) is 34.8 Å². The maximum atomic E-state index is 8.88. The lowest BCUT2D eigenvalue weighted by molar-refractivity contribution is 0.245. The van der Waals surface area contributed by atoms with Crippen LogP contribution in [0.2, 0.25) is 0 Å². The van der Waals surface area contributed by atoms with E-state index in [1.54, 1.807) is 12.4 Å². The number of aromatic nitrogens is 2. The second-order valence-electron chi connectivity index (χ2n) is 5.35. The van der Waals surface area contributed by atoms with E-state index in [1.807, 2.05) is 0 Å². The minimum absolute atomic E-state index is 0.326. The molecule has 19 heavy (non-hydrogen) atoms. The zero-order valence-electron chi connectivity index (χ0n) is 11.4. The molecule has 0 spiro atoms. The van der Waals surface area contributed by atoms with Gasteiger partial charge >= 0.3 is 0 Å². The van der Waals surface area contributed by atoms with Crippen molar-refractivity contribution >= 4 is 21.9 Å². The number of anilines is 1. The second-order valence-corrected chi connectivity index (χ2v) is 6.27. The van der Waals surface area contributed by atoms with E-state index in [4.69, 9.17) is 5.11 Å². The normalized spacial score (nSPS) is 23.3. The van der Waals surface area contributed by atoms with Crippen molar-refractivity contribution in [3.8, 4) is 0 Å². The first-order chi connectivity index (χ1) is 9.20. The molecule has 106 valence electrons. The smallest absolute Gasteiger partial charge is 0.225 e. The quantitative estimate of drug-likeness (QED) is 0.903. The highest BCUT2D eigenvalue weighted by atomic mass is 79.9. The third-order valence-corrected chi connectivity index (χ3v) is 4.47. The molecule has 1 heterocycles. The van der Waals surface area contributed by atoms with Gasteiger partial charge in [-0.15, -0.1) is 0 Å². The molecule has 0 radical (unpaired) electrons. The lowest BCUT2D eigenvalue weighted by Crippen LogP contribution is -2.36. The highest BCUT2D eigenvalue weighted by Gasteiger charge is 2.24. The van der Waals surface area contributed by atoms with Crippen LogP contribution in [0, 0.1) is 5.92 Å². The average molecular weight is 328 g/mol. The highest BCUT2D eigenvalue weighted by Crippen LogP contribution is 2.31. The molecule has 1 aromatic rings. The molecule has 0 aromatic carbocycles. The predicted molar refractivity (Wildman–Crippen MR) is 80.2 cm³/mol. The van der Waals surface area contributed by atoms with Crippen molar-refractivity contribution in [1.82, 2.24) is 9.97 Å². The Morgan fingerprint density at radius 1 is 1.26 bits per heavy atom. The summed E-state index contributed by atoms with van der Waals surface area (Å²) in [5.74, 6) is 1.60. The van der Waals surface area contributed by atoms with Crippen LogP contribution in [0.5, 0.6) is 0 Å². The topological polar surface area (TPSA) is 49.2 Å². The van der Waals surface area contributed by atoms with Crippen molar-refractivity contribution in [3.63, 3.8) is 0 Å². The van der Waals surface area contributed by atoms with Crippen LogP contribution in [0.1, 0.15) is 38.5 Å². The van der Waals surface area contributed by atoms with Crippen molar-refractivity contribution in [2.75, 3.05) is 18.6 Å². The fourth-order valence-electron chi connectivity index (χ4n) is 2.85. The Morgan fingerprint density at radius 2 is 1.89 bits per heavy atom. The molecule has 0 saturated heterocycles. The molecule has 1 aliphatic rings. The number of hydrogen-bond acceptors (Lipinski definition) is 4. The third-order valence-electron chi connectivity index (χ3n) is 4.06. The van der Waals surface area contributed by atoms with Gasteiger partial charge in [-0.05, 0) is 60.4 Å². The van der Waals surface area contributed by atoms with Gasteiger partial charge in [-0.2, -0.15) is 0 Å². The molecule has 4 nitrogen and oxygen atoms in total. The molecule has 0 unspecified atom stereocenters. The summed E-state index contributed by atoms with van der Waals surface area (Å²) in [5.41, 5.74) is 0. The predicted octanol–water partition coefficient (Wildman–Crippen LogP) is 3.01. The van der Waals surface area contributed by atoms with Gasteiger partial charge in [0.25, 0.3) is 0 Å². The van der Waals surface area contributed by atoms with Crippen LogP contribution < -0.4 is 4.90 Å². The van der Waals surface area contributed by atoms with Gasteiger partial charge < -0.3 is 10.0 Å². The van der Waals surface area contributed by atoms with Crippen molar-refractivity contribution in [2.24, 2.45) is 5.92 Å². The highest BCUT2D eigenvalue weighted by molar-refractivity contribution is 9.10. The van der Waals surface area contributed by atoms with Crippen molar-refractivity contribution in [2.45, 2.75) is 44.6 Å². The molecule has 1 saturated carbocycles. The number of halogens is 1. The molecule has 0 bridgehead atoms. The Labute approximate surface area is 123 Å². The Morgan fingerprint density at radius 3 is 2.47 bits per heavy atom. The van der Waals surface area contributed by atoms with Crippen molar-refractivity contribution in [3.05, 3.63) is 16.9 Å². The first-order valence-electron chi connectivity index (χ1n) is 7.02. The van der Waals surface area contributed by atoms with Gasteiger partial charge in [-0.25, -0.2) is 9.97 Å². The van der Waals surface area contributed by atoms with Crippen LogP contribution >= 0.6 is 15.9 Å². The minimum atomic E-state index is 0.326. The van der Waals surface area contributed by atoms with E-state index < -0.39 is 0 Å². The van der Waals surface area contributed by atoms with Gasteiger partial charge in [0.2, 0.25) is 5.95 Å². The van der Waals surface area contributed by atoms with Crippen LogP contribution in [0.25, 0.3) is 0 Å². The SMILES string of the molecule is CN(c1ncc(Br)cn1)[C@H]1CC[C@H](CCCO)CC1. The van der Waals surface area contributed by atoms with Crippen LogP contribution in [0.15, 0.2) is 16.9 Å². The molecule has 2 rings (SSSR count). The van der Waals surface area contributed by atoms with E-state index in [9.17, 15) is 0 Å². The number of rotatable bonds is 5. The third kappa shape index (κ3) is 4.14. The summed E-state index contributed by atoms with van der Waals surface area (Å²) < 4.78 is 0.914. The summed E-state index contributed by atoms with van der Waals surface area (Å²) in [4.78, 5) is 10.9. The van der Waals surface area contributed by atoms with E-state index in [0.29, 0.717) is 12.6 Å². The van der Waals surface area contributed by atoms with E-state index >= 15 is 0 Å². The number of aliphatic hydroxyl groups is 1. The van der Waals surface area contributed by atoms with Gasteiger partial charge in [0.1, 0.15) is 0 Å². The fourth-order valence-corrected chi connectivity index (χ4v) is 3.06. The number of hydrogen-bond donors (Lipinski definition) is 1. The summed E-state index contributed by atoms with van der Waals surface area (Å²) in [7, 11) is 2.09. The molecule has 1 N–H and O–H groups in total. The monoisotopic (exact) mass is 327 g/mol. The first kappa shape index (κ1) is 14.7. The molecular formula is C14H22BrN3O. The van der Waals surface area contributed by atoms with Gasteiger partial charge in [-0.3, -0.25) is 0 Å². The summed E-state index contributed by atoms with van der Waals surface area (Å²) in [5, 5.41) is 8.88. The molecule has 0 atom stereocenters. The molecule has 1 aliphatic carbocycles. The van der Waals surface area contributed by atoms with E-state index in [-0.39, 0.29) is 0 Å². The molecule has 1 aromatic heterocycles.